The molecule has 1 heterocycles. The third kappa shape index (κ3) is 2.49. The molecule has 0 aromatic carbocycles. The molecule has 1 N–H and O–H groups in total. The van der Waals surface area contributed by atoms with Gasteiger partial charge in [0.05, 0.1) is 6.20 Å². The van der Waals surface area contributed by atoms with Crippen LogP contribution in [0.15, 0.2) is 6.20 Å². The van der Waals surface area contributed by atoms with Crippen molar-refractivity contribution in [1.82, 2.24) is 4.98 Å². The van der Waals surface area contributed by atoms with Crippen molar-refractivity contribution in [3.05, 3.63) is 16.1 Å². The van der Waals surface area contributed by atoms with Gasteiger partial charge in [-0.1, -0.05) is 6.92 Å². The third-order valence-electron chi connectivity index (χ3n) is 1.19. The van der Waals surface area contributed by atoms with E-state index in [-0.39, 0.29) is 0 Å². The average Bonchev–Trinajstić information content (AvgIpc) is 2.48. The van der Waals surface area contributed by atoms with Gasteiger partial charge in [-0.25, -0.2) is 9.78 Å². The summed E-state index contributed by atoms with van der Waals surface area (Å²) in [6, 6.07) is 0. The maximum absolute atomic E-state index is 10.5. The molecule has 1 aromatic rings. The molecule has 1 aromatic heterocycles. The zero-order valence-electron chi connectivity index (χ0n) is 6.61. The lowest BCUT2D eigenvalue weighted by Crippen LogP contribution is -1.89. The number of aromatic carboxylic acids is 1. The highest BCUT2D eigenvalue weighted by Crippen LogP contribution is 2.18. The van der Waals surface area contributed by atoms with Crippen molar-refractivity contribution < 1.29 is 9.90 Å². The Morgan fingerprint density at radius 2 is 2.58 bits per heavy atom. The highest BCUT2D eigenvalue weighted by molar-refractivity contribution is 7.98. The van der Waals surface area contributed by atoms with Gasteiger partial charge in [-0.2, -0.15) is 11.8 Å². The zero-order chi connectivity index (χ0) is 8.97. The maximum Gasteiger partial charge on any atom is 0.347 e. The van der Waals surface area contributed by atoms with Crippen LogP contribution < -0.4 is 0 Å². The largest absolute Gasteiger partial charge is 0.477 e. The molecular weight excluding hydrogens is 194 g/mol. The molecule has 0 aliphatic carbocycles. The summed E-state index contributed by atoms with van der Waals surface area (Å²) >= 11 is 2.99. The second-order valence-electron chi connectivity index (χ2n) is 2.06. The summed E-state index contributed by atoms with van der Waals surface area (Å²) in [4.78, 5) is 14.8. The molecule has 0 fully saturated rings. The Morgan fingerprint density at radius 1 is 1.83 bits per heavy atom. The van der Waals surface area contributed by atoms with Crippen molar-refractivity contribution in [1.29, 1.82) is 0 Å². The Bertz CT molecular complexity index is 272. The number of thioether (sulfide) groups is 1. The minimum Gasteiger partial charge on any atom is -0.477 e. The molecule has 0 atom stereocenters. The number of aromatic nitrogens is 1. The fraction of sp³-hybridized carbons (Fsp3) is 0.429. The normalized spacial score (nSPS) is 10.1. The number of thiazole rings is 1. The van der Waals surface area contributed by atoms with Crippen molar-refractivity contribution >= 4 is 29.1 Å². The van der Waals surface area contributed by atoms with Crippen LogP contribution in [-0.2, 0) is 5.75 Å². The lowest BCUT2D eigenvalue weighted by Gasteiger charge is -1.90. The van der Waals surface area contributed by atoms with Crippen LogP contribution in [0, 0.1) is 0 Å². The van der Waals surface area contributed by atoms with Crippen molar-refractivity contribution in [2.75, 3.05) is 5.75 Å². The quantitative estimate of drug-likeness (QED) is 0.814. The van der Waals surface area contributed by atoms with Crippen molar-refractivity contribution in [3.63, 3.8) is 0 Å². The Morgan fingerprint density at radius 3 is 3.08 bits per heavy atom. The SMILES string of the molecule is CCSCc1ncc(C(=O)O)s1. The van der Waals surface area contributed by atoms with Gasteiger partial charge in [-0.15, -0.1) is 11.3 Å². The lowest BCUT2D eigenvalue weighted by molar-refractivity contribution is 0.0702. The van der Waals surface area contributed by atoms with Crippen LogP contribution in [0.2, 0.25) is 0 Å². The second kappa shape index (κ2) is 4.47. The van der Waals surface area contributed by atoms with Crippen LogP contribution in [-0.4, -0.2) is 21.8 Å². The maximum atomic E-state index is 10.5. The first kappa shape index (κ1) is 9.54. The summed E-state index contributed by atoms with van der Waals surface area (Å²) in [7, 11) is 0. The molecule has 0 amide bonds. The molecule has 0 spiro atoms. The van der Waals surface area contributed by atoms with Crippen LogP contribution in [0.1, 0.15) is 21.6 Å². The Kier molecular flexibility index (Phi) is 3.55. The van der Waals surface area contributed by atoms with Crippen LogP contribution in [0.4, 0.5) is 0 Å². The molecule has 0 aliphatic rings. The second-order valence-corrected chi connectivity index (χ2v) is 4.45. The molecule has 12 heavy (non-hydrogen) atoms. The molecule has 3 nitrogen and oxygen atoms in total. The molecule has 0 saturated carbocycles. The van der Waals surface area contributed by atoms with Crippen LogP contribution in [0.25, 0.3) is 0 Å². The Hall–Kier alpha value is -0.550. The van der Waals surface area contributed by atoms with Crippen LogP contribution in [0.3, 0.4) is 0 Å². The molecular formula is C7H9NO2S2. The standard InChI is InChI=1S/C7H9NO2S2/c1-2-11-4-6-8-3-5(12-6)7(9)10/h3H,2,4H2,1H3,(H,9,10). The molecule has 66 valence electrons. The topological polar surface area (TPSA) is 50.2 Å². The first-order valence-corrected chi connectivity index (χ1v) is 5.47. The monoisotopic (exact) mass is 203 g/mol. The van der Waals surface area contributed by atoms with Crippen molar-refractivity contribution in [2.24, 2.45) is 0 Å². The van der Waals surface area contributed by atoms with Gasteiger partial charge in [0.2, 0.25) is 0 Å². The number of rotatable bonds is 4. The third-order valence-corrected chi connectivity index (χ3v) is 3.25. The van der Waals surface area contributed by atoms with Gasteiger partial charge in [0.1, 0.15) is 9.88 Å². The minimum absolute atomic E-state index is 0.321. The number of nitrogens with zero attached hydrogens (tertiary/aromatic N) is 1. The van der Waals surface area contributed by atoms with Gasteiger partial charge < -0.3 is 5.11 Å². The first-order chi connectivity index (χ1) is 5.74. The van der Waals surface area contributed by atoms with Crippen LogP contribution >= 0.6 is 23.1 Å². The highest BCUT2D eigenvalue weighted by Gasteiger charge is 2.07. The zero-order valence-corrected chi connectivity index (χ0v) is 8.24. The molecule has 0 aliphatic heterocycles. The van der Waals surface area contributed by atoms with Gasteiger partial charge >= 0.3 is 5.97 Å². The lowest BCUT2D eigenvalue weighted by atomic mass is 10.6. The summed E-state index contributed by atoms with van der Waals surface area (Å²) < 4.78 is 0. The molecule has 0 saturated heterocycles. The number of hydrogen-bond donors (Lipinski definition) is 1. The van der Waals surface area contributed by atoms with Gasteiger partial charge in [-0.05, 0) is 5.75 Å². The highest BCUT2D eigenvalue weighted by atomic mass is 32.2. The number of carboxylic acids is 1. The van der Waals surface area contributed by atoms with E-state index < -0.39 is 5.97 Å². The predicted octanol–water partition coefficient (Wildman–Crippen LogP) is 2.09. The van der Waals surface area contributed by atoms with E-state index in [1.807, 2.05) is 0 Å². The van der Waals surface area contributed by atoms with E-state index in [2.05, 4.69) is 11.9 Å². The number of carboxylic acid groups (broad SMARTS) is 1. The average molecular weight is 203 g/mol. The predicted molar refractivity (Wildman–Crippen MR) is 50.9 cm³/mol. The van der Waals surface area contributed by atoms with Gasteiger partial charge in [0.15, 0.2) is 0 Å². The summed E-state index contributed by atoms with van der Waals surface area (Å²) in [6.07, 6.45) is 1.42. The minimum atomic E-state index is -0.889. The van der Waals surface area contributed by atoms with Crippen molar-refractivity contribution in [3.8, 4) is 0 Å². The van der Waals surface area contributed by atoms with Crippen LogP contribution in [0.5, 0.6) is 0 Å². The van der Waals surface area contributed by atoms with E-state index in [1.54, 1.807) is 11.8 Å². The first-order valence-electron chi connectivity index (χ1n) is 3.49. The summed E-state index contributed by atoms with van der Waals surface area (Å²) in [5.74, 6) is 0.955. The van der Waals surface area contributed by atoms with E-state index in [4.69, 9.17) is 5.11 Å². The molecule has 0 bridgehead atoms. The Balaban J connectivity index is 2.58. The molecule has 0 unspecified atom stereocenters. The molecule has 5 heteroatoms. The fourth-order valence-corrected chi connectivity index (χ4v) is 2.16. The van der Waals surface area contributed by atoms with Crippen molar-refractivity contribution in [2.45, 2.75) is 12.7 Å². The van der Waals surface area contributed by atoms with E-state index >= 15 is 0 Å². The van der Waals surface area contributed by atoms with E-state index in [0.717, 1.165) is 16.5 Å². The van der Waals surface area contributed by atoms with Gasteiger partial charge in [-0.3, -0.25) is 0 Å². The smallest absolute Gasteiger partial charge is 0.347 e. The summed E-state index contributed by atoms with van der Waals surface area (Å²) in [5, 5.41) is 9.48. The summed E-state index contributed by atoms with van der Waals surface area (Å²) in [5.41, 5.74) is 0. The van der Waals surface area contributed by atoms with Gasteiger partial charge in [0.25, 0.3) is 0 Å². The van der Waals surface area contributed by atoms with Gasteiger partial charge in [0, 0.05) is 5.75 Å². The van der Waals surface area contributed by atoms with E-state index in [9.17, 15) is 4.79 Å². The molecule has 1 rings (SSSR count). The van der Waals surface area contributed by atoms with E-state index in [0.29, 0.717) is 4.88 Å². The number of carbonyl (C=O) groups is 1. The Labute approximate surface area is 78.8 Å². The van der Waals surface area contributed by atoms with E-state index in [1.165, 1.54) is 17.5 Å². The summed E-state index contributed by atoms with van der Waals surface area (Å²) in [6.45, 7) is 2.07. The molecule has 0 radical (unpaired) electrons. The fourth-order valence-electron chi connectivity index (χ4n) is 0.665. The number of hydrogen-bond acceptors (Lipinski definition) is 4.